The largest absolute Gasteiger partial charge is 0.345 e. The Morgan fingerprint density at radius 2 is 1.70 bits per heavy atom. The summed E-state index contributed by atoms with van der Waals surface area (Å²) < 4.78 is 24.9. The second-order valence-corrected chi connectivity index (χ2v) is 8.87. The molecule has 2 aromatic carbocycles. The molecule has 0 heterocycles. The number of fused-ring (bicyclic) bond motifs is 1. The Balaban J connectivity index is 1.71. The fraction of sp³-hybridized carbons (Fsp3) is 0.381. The highest BCUT2D eigenvalue weighted by Crippen LogP contribution is 2.26. The van der Waals surface area contributed by atoms with Crippen LogP contribution in [0.2, 0.25) is 0 Å². The fourth-order valence-electron chi connectivity index (χ4n) is 3.54. The summed E-state index contributed by atoms with van der Waals surface area (Å²) in [4.78, 5) is 12.6. The maximum absolute atomic E-state index is 12.6. The van der Waals surface area contributed by atoms with E-state index >= 15 is 0 Å². The van der Waals surface area contributed by atoms with Crippen molar-refractivity contribution in [3.8, 4) is 0 Å². The van der Waals surface area contributed by atoms with Gasteiger partial charge in [-0.05, 0) is 73.1 Å². The van der Waals surface area contributed by atoms with Crippen molar-refractivity contribution in [3.63, 3.8) is 0 Å². The van der Waals surface area contributed by atoms with Gasteiger partial charge in [-0.15, -0.1) is 0 Å². The first kappa shape index (κ1) is 19.4. The lowest BCUT2D eigenvalue weighted by Gasteiger charge is -2.22. The molecule has 1 aliphatic carbocycles. The van der Waals surface area contributed by atoms with Gasteiger partial charge in [0.2, 0.25) is 10.0 Å². The van der Waals surface area contributed by atoms with E-state index in [0.717, 1.165) is 31.1 Å². The predicted molar refractivity (Wildman–Crippen MR) is 108 cm³/mol. The fourth-order valence-corrected chi connectivity index (χ4v) is 4.10. The predicted octanol–water partition coefficient (Wildman–Crippen LogP) is 3.82. The van der Waals surface area contributed by atoms with Crippen molar-refractivity contribution in [3.05, 3.63) is 64.7 Å². The molecule has 5 nitrogen and oxygen atoms in total. The Hall–Kier alpha value is -2.34. The third kappa shape index (κ3) is 5.10. The van der Waals surface area contributed by atoms with E-state index in [0.29, 0.717) is 11.3 Å². The molecular weight excluding hydrogens is 360 g/mol. The van der Waals surface area contributed by atoms with Crippen LogP contribution in [0.15, 0.2) is 42.5 Å². The van der Waals surface area contributed by atoms with Crippen LogP contribution in [-0.4, -0.2) is 20.6 Å². The molecule has 0 unspecified atom stereocenters. The quantitative estimate of drug-likeness (QED) is 0.792. The highest BCUT2D eigenvalue weighted by atomic mass is 32.2. The number of nitrogens with one attached hydrogen (secondary N) is 2. The third-order valence-electron chi connectivity index (χ3n) is 4.94. The van der Waals surface area contributed by atoms with E-state index in [1.165, 1.54) is 24.0 Å². The van der Waals surface area contributed by atoms with Gasteiger partial charge in [0.1, 0.15) is 0 Å². The van der Waals surface area contributed by atoms with Crippen LogP contribution in [0.25, 0.3) is 0 Å². The molecule has 0 spiro atoms. The summed E-state index contributed by atoms with van der Waals surface area (Å²) in [5, 5.41) is 3.10. The van der Waals surface area contributed by atoms with Crippen molar-refractivity contribution >= 4 is 21.6 Å². The molecule has 0 aliphatic heterocycles. The number of amides is 1. The molecule has 2 aromatic rings. The first-order valence-electron chi connectivity index (χ1n) is 9.36. The van der Waals surface area contributed by atoms with E-state index in [1.807, 2.05) is 0 Å². The molecule has 0 saturated heterocycles. The lowest BCUT2D eigenvalue weighted by Crippen LogP contribution is -2.28. The number of rotatable bonds is 6. The summed E-state index contributed by atoms with van der Waals surface area (Å²) in [5.74, 6) is -0.162. The molecule has 1 aliphatic rings. The minimum Gasteiger partial charge on any atom is -0.345 e. The summed E-state index contributed by atoms with van der Waals surface area (Å²) >= 11 is 0. The SMILES string of the molecule is CC[C@H](NC(=O)c1ccc(NS(C)(=O)=O)cc1)c1ccc2c(c1)CCCC2. The van der Waals surface area contributed by atoms with Gasteiger partial charge in [0, 0.05) is 11.3 Å². The molecule has 1 atom stereocenters. The van der Waals surface area contributed by atoms with Gasteiger partial charge in [-0.25, -0.2) is 8.42 Å². The topological polar surface area (TPSA) is 75.3 Å². The number of carbonyl (C=O) groups excluding carboxylic acids is 1. The number of carbonyl (C=O) groups is 1. The minimum atomic E-state index is -3.33. The van der Waals surface area contributed by atoms with Gasteiger partial charge in [-0.1, -0.05) is 25.1 Å². The minimum absolute atomic E-state index is 0.0430. The van der Waals surface area contributed by atoms with Gasteiger partial charge in [-0.3, -0.25) is 9.52 Å². The lowest BCUT2D eigenvalue weighted by atomic mass is 9.88. The van der Waals surface area contributed by atoms with E-state index in [4.69, 9.17) is 0 Å². The Labute approximate surface area is 161 Å². The van der Waals surface area contributed by atoms with Gasteiger partial charge in [-0.2, -0.15) is 0 Å². The first-order valence-corrected chi connectivity index (χ1v) is 11.3. The molecule has 0 fully saturated rings. The number of hydrogen-bond donors (Lipinski definition) is 2. The number of sulfonamides is 1. The Kier molecular flexibility index (Phi) is 5.85. The molecule has 144 valence electrons. The second-order valence-electron chi connectivity index (χ2n) is 7.12. The zero-order valence-corrected chi connectivity index (χ0v) is 16.6. The normalized spacial score (nSPS) is 14.9. The van der Waals surface area contributed by atoms with Crippen LogP contribution >= 0.6 is 0 Å². The molecule has 0 bridgehead atoms. The average molecular weight is 387 g/mol. The molecule has 2 N–H and O–H groups in total. The molecule has 0 aromatic heterocycles. The third-order valence-corrected chi connectivity index (χ3v) is 5.55. The van der Waals surface area contributed by atoms with Gasteiger partial charge in [0.05, 0.1) is 12.3 Å². The summed E-state index contributed by atoms with van der Waals surface area (Å²) in [7, 11) is -3.33. The molecule has 6 heteroatoms. The van der Waals surface area contributed by atoms with Gasteiger partial charge in [0.15, 0.2) is 0 Å². The second kappa shape index (κ2) is 8.13. The van der Waals surface area contributed by atoms with Crippen LogP contribution in [0.5, 0.6) is 0 Å². The summed E-state index contributed by atoms with van der Waals surface area (Å²) in [6, 6.07) is 13.0. The van der Waals surface area contributed by atoms with Crippen LogP contribution in [-0.2, 0) is 22.9 Å². The Bertz CT molecular complexity index is 921. The highest BCUT2D eigenvalue weighted by Gasteiger charge is 2.17. The summed E-state index contributed by atoms with van der Waals surface area (Å²) in [6.45, 7) is 2.06. The first-order chi connectivity index (χ1) is 12.9. The highest BCUT2D eigenvalue weighted by molar-refractivity contribution is 7.92. The number of hydrogen-bond acceptors (Lipinski definition) is 3. The molecular formula is C21H26N2O3S. The van der Waals surface area contributed by atoms with Crippen molar-refractivity contribution in [2.45, 2.75) is 45.1 Å². The van der Waals surface area contributed by atoms with Crippen LogP contribution in [0, 0.1) is 0 Å². The average Bonchev–Trinajstić information content (AvgIpc) is 2.65. The lowest BCUT2D eigenvalue weighted by molar-refractivity contribution is 0.0935. The maximum Gasteiger partial charge on any atom is 0.251 e. The smallest absolute Gasteiger partial charge is 0.251 e. The maximum atomic E-state index is 12.6. The van der Waals surface area contributed by atoms with Crippen LogP contribution < -0.4 is 10.0 Å². The number of benzene rings is 2. The van der Waals surface area contributed by atoms with E-state index < -0.39 is 10.0 Å². The zero-order valence-electron chi connectivity index (χ0n) is 15.8. The zero-order chi connectivity index (χ0) is 19.4. The van der Waals surface area contributed by atoms with E-state index in [9.17, 15) is 13.2 Å². The summed E-state index contributed by atoms with van der Waals surface area (Å²) in [6.07, 6.45) is 6.64. The van der Waals surface area contributed by atoms with Gasteiger partial charge >= 0.3 is 0 Å². The van der Waals surface area contributed by atoms with Gasteiger partial charge < -0.3 is 5.32 Å². The Morgan fingerprint density at radius 3 is 2.33 bits per heavy atom. The molecule has 27 heavy (non-hydrogen) atoms. The molecule has 1 amide bonds. The van der Waals surface area contributed by atoms with Gasteiger partial charge in [0.25, 0.3) is 5.91 Å². The Morgan fingerprint density at radius 1 is 1.04 bits per heavy atom. The van der Waals surface area contributed by atoms with Crippen LogP contribution in [0.4, 0.5) is 5.69 Å². The molecule has 0 saturated carbocycles. The van der Waals surface area contributed by atoms with Crippen molar-refractivity contribution < 1.29 is 13.2 Å². The van der Waals surface area contributed by atoms with E-state index in [2.05, 4.69) is 35.2 Å². The number of aryl methyl sites for hydroxylation is 2. The van der Waals surface area contributed by atoms with Crippen LogP contribution in [0.3, 0.4) is 0 Å². The van der Waals surface area contributed by atoms with Crippen molar-refractivity contribution in [1.29, 1.82) is 0 Å². The van der Waals surface area contributed by atoms with Crippen LogP contribution in [0.1, 0.15) is 59.3 Å². The molecule has 0 radical (unpaired) electrons. The van der Waals surface area contributed by atoms with E-state index in [1.54, 1.807) is 24.3 Å². The number of anilines is 1. The van der Waals surface area contributed by atoms with Crippen molar-refractivity contribution in [2.24, 2.45) is 0 Å². The molecule has 3 rings (SSSR count). The monoisotopic (exact) mass is 386 g/mol. The summed E-state index contributed by atoms with van der Waals surface area (Å²) in [5.41, 5.74) is 4.92. The standard InChI is InChI=1S/C21H26N2O3S/c1-3-20(18-9-8-15-6-4-5-7-17(15)14-18)22-21(24)16-10-12-19(13-11-16)23-27(2,25)26/h8-14,20,23H,3-7H2,1-2H3,(H,22,24)/t20-/m0/s1. The van der Waals surface area contributed by atoms with Crippen molar-refractivity contribution in [2.75, 3.05) is 11.0 Å². The van der Waals surface area contributed by atoms with E-state index in [-0.39, 0.29) is 11.9 Å². The van der Waals surface area contributed by atoms with Crippen molar-refractivity contribution in [1.82, 2.24) is 5.32 Å².